The third-order valence-electron chi connectivity index (χ3n) is 17.9. The van der Waals surface area contributed by atoms with E-state index in [1.807, 2.05) is 20.8 Å². The largest absolute Gasteiger partial charge is 0.417 e. The molecule has 3 N–H and O–H groups in total. The van der Waals surface area contributed by atoms with Crippen LogP contribution in [-0.2, 0) is 18.5 Å². The van der Waals surface area contributed by atoms with Crippen molar-refractivity contribution < 1.29 is 80.2 Å². The molecule has 15 rings (SSSR count). The zero-order chi connectivity index (χ0) is 79.8. The molecule has 0 saturated heterocycles. The molecule has 0 fully saturated rings. The summed E-state index contributed by atoms with van der Waals surface area (Å²) in [6.45, 7) is 5.54. The fraction of sp³-hybridized carbons (Fsp3) is 0.0714. The predicted octanol–water partition coefficient (Wildman–Crippen LogP) is 23.2. The van der Waals surface area contributed by atoms with Crippen LogP contribution in [0.25, 0.3) is 84.1 Å². The van der Waals surface area contributed by atoms with Gasteiger partial charge in [-0.15, -0.1) is 0 Å². The Morgan fingerprint density at radius 1 is 0.375 bits per heavy atom. The van der Waals surface area contributed by atoms with Crippen LogP contribution in [-0.4, -0.2) is 45.9 Å². The predicted molar refractivity (Wildman–Crippen MR) is 395 cm³/mol. The number of pyridine rings is 3. The highest BCUT2D eigenvalue weighted by molar-refractivity contribution is 6.29. The molecule has 0 aliphatic rings. The molecule has 0 radical (unpaired) electrons. The van der Waals surface area contributed by atoms with Crippen molar-refractivity contribution in [2.75, 3.05) is 16.0 Å². The summed E-state index contributed by atoms with van der Waals surface area (Å²) < 4.78 is 214. The second-order valence-corrected chi connectivity index (χ2v) is 25.8. The van der Waals surface area contributed by atoms with E-state index in [0.717, 1.165) is 71.3 Å². The summed E-state index contributed by atoms with van der Waals surface area (Å²) in [6.07, 6.45) is -10.0. The van der Waals surface area contributed by atoms with Gasteiger partial charge < -0.3 is 16.0 Å². The molecule has 0 saturated carbocycles. The van der Waals surface area contributed by atoms with Crippen molar-refractivity contribution in [3.63, 3.8) is 0 Å². The molecule has 112 heavy (non-hydrogen) atoms. The lowest BCUT2D eigenvalue weighted by Gasteiger charge is -2.15. The number of carbonyl (C=O) groups excluding carboxylic acids is 3. The maximum Gasteiger partial charge on any atom is 0.417 e. The van der Waals surface area contributed by atoms with E-state index in [4.69, 9.17) is 11.6 Å². The number of benzene rings is 9. The van der Waals surface area contributed by atoms with Crippen LogP contribution < -0.4 is 16.0 Å². The van der Waals surface area contributed by atoms with Gasteiger partial charge in [0.1, 0.15) is 17.7 Å². The molecule has 0 aliphatic heterocycles. The average Bonchev–Trinajstić information content (AvgIpc) is 1.62. The van der Waals surface area contributed by atoms with Gasteiger partial charge >= 0.3 is 18.5 Å². The minimum atomic E-state index is -4.79. The van der Waals surface area contributed by atoms with E-state index in [1.165, 1.54) is 75.9 Å². The van der Waals surface area contributed by atoms with E-state index in [0.29, 0.717) is 61.8 Å². The number of fused-ring (bicyclic) bond motifs is 3. The molecule has 6 aromatic heterocycles. The minimum Gasteiger partial charge on any atom is -0.322 e. The maximum absolute atomic E-state index is 14.5. The van der Waals surface area contributed by atoms with Gasteiger partial charge in [-0.1, -0.05) is 102 Å². The van der Waals surface area contributed by atoms with Crippen LogP contribution in [0, 0.1) is 55.7 Å². The van der Waals surface area contributed by atoms with Crippen molar-refractivity contribution in [3.05, 3.63) is 340 Å². The zero-order valence-corrected chi connectivity index (χ0v) is 58.9. The van der Waals surface area contributed by atoms with Gasteiger partial charge in [0.25, 0.3) is 17.7 Å². The van der Waals surface area contributed by atoms with E-state index in [1.54, 1.807) is 132 Å². The van der Waals surface area contributed by atoms with Crippen LogP contribution in [0.3, 0.4) is 0 Å². The van der Waals surface area contributed by atoms with Crippen molar-refractivity contribution >= 4 is 63.1 Å². The number of anilines is 3. The third-order valence-corrected chi connectivity index (χ3v) is 18.2. The molecule has 9 aromatic carbocycles. The molecular formula is C84H53ClF15N9O3. The summed E-state index contributed by atoms with van der Waals surface area (Å²) in [5.74, 6) is -9.11. The monoisotopic (exact) mass is 1560 g/mol. The lowest BCUT2D eigenvalue weighted by Crippen LogP contribution is -2.19. The Balaban J connectivity index is 0.000000147. The lowest BCUT2D eigenvalue weighted by molar-refractivity contribution is -0.138. The summed E-state index contributed by atoms with van der Waals surface area (Å²) in [5, 5.41) is 7.41. The normalized spacial score (nSPS) is 11.6. The number of imidazole rings is 3. The number of alkyl halides is 9. The summed E-state index contributed by atoms with van der Waals surface area (Å²) >= 11 is 6.38. The van der Waals surface area contributed by atoms with Gasteiger partial charge in [-0.3, -0.25) is 27.6 Å². The smallest absolute Gasteiger partial charge is 0.322 e. The lowest BCUT2D eigenvalue weighted by atomic mass is 9.98. The highest BCUT2D eigenvalue weighted by atomic mass is 35.5. The maximum atomic E-state index is 14.5. The van der Waals surface area contributed by atoms with Crippen molar-refractivity contribution in [3.8, 4) is 67.4 Å². The van der Waals surface area contributed by atoms with Gasteiger partial charge in [0.2, 0.25) is 5.28 Å². The van der Waals surface area contributed by atoms with Gasteiger partial charge in [0, 0.05) is 45.5 Å². The first kappa shape index (κ1) is 76.9. The Kier molecular flexibility index (Phi) is 21.3. The number of carbonyl (C=O) groups is 3. The molecule has 0 atom stereocenters. The fourth-order valence-corrected chi connectivity index (χ4v) is 12.7. The molecule has 0 bridgehead atoms. The van der Waals surface area contributed by atoms with E-state index < -0.39 is 105 Å². The molecule has 564 valence electrons. The van der Waals surface area contributed by atoms with Crippen molar-refractivity contribution in [2.45, 2.75) is 39.3 Å². The standard InChI is InChI=1S/C28H17ClF5N3O.2C28H18F5N3O/c1-15-8-11-17(12-9-15)35-26(38)19-14-16(10-13-20(19)28(32,33)34)22-6-3-7-23-25(36-27(29)37(22)23)18-4-2-5-21(30)24(18)31;1-16-7-10-18(11-8-16)35-27(37)21-14-17(9-12-22(21)28(31,32)33)19-5-3-13-36-24(15-34-26(19)36)20-4-2-6-23(29)25(20)30;1-16-8-11-18(12-9-16)35-27(37)20-14-17(10-13-21(20)28(31,32)33)23-6-3-7-24-26(34-15-36(23)24)19-4-2-5-22(29)25(19)30/h2-14H,1H3,(H,35,38);2*2-15H,1H3,(H,35,37). The number of amides is 3. The van der Waals surface area contributed by atoms with Crippen LogP contribution in [0.1, 0.15) is 64.5 Å². The van der Waals surface area contributed by atoms with Crippen LogP contribution in [0.15, 0.2) is 249 Å². The molecule has 0 aliphatic carbocycles. The van der Waals surface area contributed by atoms with Crippen LogP contribution in [0.2, 0.25) is 5.28 Å². The Labute approximate surface area is 630 Å². The molecule has 15 aromatic rings. The van der Waals surface area contributed by atoms with E-state index >= 15 is 0 Å². The number of aromatic nitrogens is 6. The first-order chi connectivity index (χ1) is 53.3. The van der Waals surface area contributed by atoms with Crippen LogP contribution in [0.5, 0.6) is 0 Å². The fourth-order valence-electron chi connectivity index (χ4n) is 12.4. The minimum absolute atomic E-state index is 0.0183. The van der Waals surface area contributed by atoms with E-state index in [2.05, 4.69) is 30.9 Å². The van der Waals surface area contributed by atoms with Gasteiger partial charge in [0.05, 0.1) is 73.4 Å². The summed E-state index contributed by atoms with van der Waals surface area (Å²) in [5.41, 5.74) is 2.05. The Morgan fingerprint density at radius 2 is 0.759 bits per heavy atom. The number of aryl methyl sites for hydroxylation is 3. The summed E-state index contributed by atoms with van der Waals surface area (Å²) in [7, 11) is 0. The molecule has 6 heterocycles. The number of nitrogens with one attached hydrogen (secondary N) is 3. The number of hydrogen-bond acceptors (Lipinski definition) is 6. The zero-order valence-electron chi connectivity index (χ0n) is 58.1. The molecular weight excluding hydrogens is 1500 g/mol. The summed E-state index contributed by atoms with van der Waals surface area (Å²) in [4.78, 5) is 51.7. The van der Waals surface area contributed by atoms with E-state index in [-0.39, 0.29) is 44.6 Å². The molecule has 28 heteroatoms. The van der Waals surface area contributed by atoms with Gasteiger partial charge in [-0.25, -0.2) is 41.3 Å². The van der Waals surface area contributed by atoms with Gasteiger partial charge in [-0.2, -0.15) is 39.5 Å². The van der Waals surface area contributed by atoms with Crippen molar-refractivity contribution in [1.82, 2.24) is 28.2 Å². The topological polar surface area (TPSA) is 139 Å². The van der Waals surface area contributed by atoms with Crippen LogP contribution >= 0.6 is 11.6 Å². The Hall–Kier alpha value is -13.3. The first-order valence-corrected chi connectivity index (χ1v) is 33.9. The van der Waals surface area contributed by atoms with Crippen molar-refractivity contribution in [2.24, 2.45) is 0 Å². The Bertz CT molecular complexity index is 5910. The summed E-state index contributed by atoms with van der Waals surface area (Å²) in [6, 6.07) is 53.5. The second kappa shape index (κ2) is 31.0. The molecule has 12 nitrogen and oxygen atoms in total. The molecule has 0 spiro atoms. The number of halogens is 16. The molecule has 3 amide bonds. The highest BCUT2D eigenvalue weighted by Gasteiger charge is 2.39. The quantitative estimate of drug-likeness (QED) is 0.104. The van der Waals surface area contributed by atoms with Crippen molar-refractivity contribution in [1.29, 1.82) is 0 Å². The average molecular weight is 1560 g/mol. The van der Waals surface area contributed by atoms with Gasteiger partial charge in [0.15, 0.2) is 34.9 Å². The van der Waals surface area contributed by atoms with E-state index in [9.17, 15) is 80.2 Å². The Morgan fingerprint density at radius 3 is 1.22 bits per heavy atom. The number of nitrogens with zero attached hydrogens (tertiary/aromatic N) is 6. The second-order valence-electron chi connectivity index (χ2n) is 25.4. The SMILES string of the molecule is Cc1ccc(NC(=O)c2cc(-c3cccc4c(-c5cccc(F)c5F)nc(Cl)n34)ccc2C(F)(F)F)cc1.Cc1ccc(NC(=O)c2cc(-c3cccc4c(-c5cccc(F)c5F)ncn34)ccc2C(F)(F)F)cc1.Cc1ccc(NC(=O)c2cc(-c3cccn4c(-c5cccc(F)c5F)cnc34)ccc2C(F)(F)F)cc1. The molecule has 0 unspecified atom stereocenters. The first-order valence-electron chi connectivity index (χ1n) is 33.5. The number of hydrogen-bond donors (Lipinski definition) is 3. The highest BCUT2D eigenvalue weighted by Crippen LogP contribution is 2.42. The van der Waals surface area contributed by atoms with Crippen LogP contribution in [0.4, 0.5) is 82.9 Å². The third kappa shape index (κ3) is 15.9. The number of rotatable bonds is 12. The van der Waals surface area contributed by atoms with Gasteiger partial charge in [-0.05, 0) is 195 Å².